The van der Waals surface area contributed by atoms with Crippen molar-refractivity contribution in [2.75, 3.05) is 25.0 Å². The van der Waals surface area contributed by atoms with Crippen LogP contribution in [0.5, 0.6) is 0 Å². The maximum atomic E-state index is 4.64. The molecular formula is C15H25N3. The van der Waals surface area contributed by atoms with Gasteiger partial charge in [-0.3, -0.25) is 0 Å². The van der Waals surface area contributed by atoms with E-state index < -0.39 is 0 Å². The van der Waals surface area contributed by atoms with Gasteiger partial charge in [-0.15, -0.1) is 0 Å². The number of aromatic nitrogens is 1. The maximum absolute atomic E-state index is 4.64. The summed E-state index contributed by atoms with van der Waals surface area (Å²) in [5, 5.41) is 3.41. The van der Waals surface area contributed by atoms with Gasteiger partial charge < -0.3 is 10.2 Å². The van der Waals surface area contributed by atoms with Crippen LogP contribution in [0.15, 0.2) is 30.4 Å². The molecule has 0 radical (unpaired) electrons. The summed E-state index contributed by atoms with van der Waals surface area (Å²) < 4.78 is 0. The van der Waals surface area contributed by atoms with Crippen LogP contribution in [0.3, 0.4) is 0 Å². The monoisotopic (exact) mass is 247 g/mol. The van der Waals surface area contributed by atoms with Crippen LogP contribution in [0, 0.1) is 5.92 Å². The van der Waals surface area contributed by atoms with E-state index in [1.54, 1.807) is 0 Å². The van der Waals surface area contributed by atoms with Crippen molar-refractivity contribution in [2.24, 2.45) is 5.92 Å². The van der Waals surface area contributed by atoms with Crippen LogP contribution in [0.25, 0.3) is 0 Å². The van der Waals surface area contributed by atoms with E-state index in [0.29, 0.717) is 5.92 Å². The van der Waals surface area contributed by atoms with Crippen molar-refractivity contribution in [3.05, 3.63) is 36.0 Å². The highest BCUT2D eigenvalue weighted by Crippen LogP contribution is 2.11. The molecule has 0 spiro atoms. The molecule has 1 rings (SSSR count). The number of likely N-dealkylation sites (N-methyl/N-ethyl adjacent to an activating group) is 1. The number of rotatable bonds is 7. The predicted octanol–water partition coefficient (Wildman–Crippen LogP) is 2.84. The van der Waals surface area contributed by atoms with Gasteiger partial charge in [0.1, 0.15) is 5.82 Å². The molecule has 0 fully saturated rings. The lowest BCUT2D eigenvalue weighted by atomic mass is 10.2. The number of hydrogen-bond donors (Lipinski definition) is 1. The summed E-state index contributed by atoms with van der Waals surface area (Å²) in [6.45, 7) is 13.1. The molecule has 1 aromatic heterocycles. The summed E-state index contributed by atoms with van der Waals surface area (Å²) in [6, 6.07) is 6.16. The lowest BCUT2D eigenvalue weighted by Crippen LogP contribution is -2.22. The second kappa shape index (κ2) is 7.17. The van der Waals surface area contributed by atoms with E-state index in [1.165, 1.54) is 0 Å². The molecule has 3 nitrogen and oxygen atoms in total. The first kappa shape index (κ1) is 14.7. The van der Waals surface area contributed by atoms with Gasteiger partial charge in [-0.25, -0.2) is 4.98 Å². The SMILES string of the molecule is C=C(C)CN(C)c1cccc(CNCC(C)C)n1. The average molecular weight is 247 g/mol. The van der Waals surface area contributed by atoms with Gasteiger partial charge >= 0.3 is 0 Å². The smallest absolute Gasteiger partial charge is 0.128 e. The molecule has 0 aliphatic heterocycles. The van der Waals surface area contributed by atoms with Crippen molar-refractivity contribution in [3.63, 3.8) is 0 Å². The van der Waals surface area contributed by atoms with E-state index >= 15 is 0 Å². The van der Waals surface area contributed by atoms with Crippen molar-refractivity contribution >= 4 is 5.82 Å². The Hall–Kier alpha value is -1.35. The molecule has 0 aromatic carbocycles. The third-order valence-electron chi connectivity index (χ3n) is 2.55. The fraction of sp³-hybridized carbons (Fsp3) is 0.533. The van der Waals surface area contributed by atoms with Crippen molar-refractivity contribution in [3.8, 4) is 0 Å². The first-order valence-electron chi connectivity index (χ1n) is 6.51. The summed E-state index contributed by atoms with van der Waals surface area (Å²) in [4.78, 5) is 6.76. The van der Waals surface area contributed by atoms with Gasteiger partial charge in [-0.2, -0.15) is 0 Å². The molecule has 18 heavy (non-hydrogen) atoms. The van der Waals surface area contributed by atoms with Crippen LogP contribution >= 0.6 is 0 Å². The summed E-state index contributed by atoms with van der Waals surface area (Å²) in [5.74, 6) is 1.67. The number of pyridine rings is 1. The molecule has 0 saturated heterocycles. The minimum Gasteiger partial charge on any atom is -0.356 e. The molecule has 0 aliphatic rings. The highest BCUT2D eigenvalue weighted by Gasteiger charge is 2.03. The van der Waals surface area contributed by atoms with Gasteiger partial charge in [0.15, 0.2) is 0 Å². The Morgan fingerprint density at radius 2 is 2.17 bits per heavy atom. The van der Waals surface area contributed by atoms with Crippen LogP contribution in [-0.4, -0.2) is 25.1 Å². The molecular weight excluding hydrogens is 222 g/mol. The van der Waals surface area contributed by atoms with Crippen LogP contribution in [-0.2, 0) is 6.54 Å². The summed E-state index contributed by atoms with van der Waals surface area (Å²) in [5.41, 5.74) is 2.23. The lowest BCUT2D eigenvalue weighted by molar-refractivity contribution is 0.548. The molecule has 1 aromatic rings. The van der Waals surface area contributed by atoms with Gasteiger partial charge in [0, 0.05) is 20.1 Å². The minimum atomic E-state index is 0.666. The minimum absolute atomic E-state index is 0.666. The summed E-state index contributed by atoms with van der Waals surface area (Å²) >= 11 is 0. The van der Waals surface area contributed by atoms with Crippen LogP contribution < -0.4 is 10.2 Å². The van der Waals surface area contributed by atoms with E-state index in [1.807, 2.05) is 20.0 Å². The molecule has 1 N–H and O–H groups in total. The second-order valence-corrected chi connectivity index (χ2v) is 5.33. The number of nitrogens with one attached hydrogen (secondary N) is 1. The Bertz CT molecular complexity index is 385. The largest absolute Gasteiger partial charge is 0.356 e. The van der Waals surface area contributed by atoms with Gasteiger partial charge in [0.05, 0.1) is 5.69 Å². The Balaban J connectivity index is 2.58. The van der Waals surface area contributed by atoms with E-state index in [-0.39, 0.29) is 0 Å². The molecule has 100 valence electrons. The third-order valence-corrected chi connectivity index (χ3v) is 2.55. The zero-order valence-electron chi connectivity index (χ0n) is 12.0. The van der Waals surface area contributed by atoms with Crippen molar-refractivity contribution in [2.45, 2.75) is 27.3 Å². The Labute approximate surface area is 111 Å². The molecule has 0 aliphatic carbocycles. The topological polar surface area (TPSA) is 28.2 Å². The fourth-order valence-corrected chi connectivity index (χ4v) is 1.75. The molecule has 0 amide bonds. The van der Waals surface area contributed by atoms with Crippen molar-refractivity contribution in [1.82, 2.24) is 10.3 Å². The van der Waals surface area contributed by atoms with Crippen LogP contribution in [0.1, 0.15) is 26.5 Å². The summed E-state index contributed by atoms with van der Waals surface area (Å²) in [7, 11) is 2.04. The van der Waals surface area contributed by atoms with E-state index in [0.717, 1.165) is 36.7 Å². The number of anilines is 1. The summed E-state index contributed by atoms with van der Waals surface area (Å²) in [6.07, 6.45) is 0. The van der Waals surface area contributed by atoms with Crippen LogP contribution in [0.4, 0.5) is 5.82 Å². The zero-order chi connectivity index (χ0) is 13.5. The van der Waals surface area contributed by atoms with E-state index in [9.17, 15) is 0 Å². The first-order valence-corrected chi connectivity index (χ1v) is 6.51. The Kier molecular flexibility index (Phi) is 5.86. The maximum Gasteiger partial charge on any atom is 0.128 e. The predicted molar refractivity (Wildman–Crippen MR) is 78.9 cm³/mol. The number of nitrogens with zero attached hydrogens (tertiary/aromatic N) is 2. The molecule has 0 atom stereocenters. The average Bonchev–Trinajstić information content (AvgIpc) is 2.28. The quantitative estimate of drug-likeness (QED) is 0.751. The van der Waals surface area contributed by atoms with Crippen molar-refractivity contribution < 1.29 is 0 Å². The van der Waals surface area contributed by atoms with Crippen LogP contribution in [0.2, 0.25) is 0 Å². The molecule has 0 saturated carbocycles. The fourth-order valence-electron chi connectivity index (χ4n) is 1.75. The molecule has 0 bridgehead atoms. The van der Waals surface area contributed by atoms with Gasteiger partial charge in [-0.05, 0) is 31.5 Å². The standard InChI is InChI=1S/C15H25N3/c1-12(2)9-16-10-14-7-6-8-15(17-14)18(5)11-13(3)4/h6-8,12,16H,3,9-11H2,1-2,4-5H3. The lowest BCUT2D eigenvalue weighted by Gasteiger charge is -2.19. The molecule has 3 heteroatoms. The Morgan fingerprint density at radius 1 is 1.44 bits per heavy atom. The first-order chi connectivity index (χ1) is 8.49. The van der Waals surface area contributed by atoms with Gasteiger partial charge in [0.25, 0.3) is 0 Å². The van der Waals surface area contributed by atoms with Gasteiger partial charge in [0.2, 0.25) is 0 Å². The molecule has 0 unspecified atom stereocenters. The Morgan fingerprint density at radius 3 is 2.78 bits per heavy atom. The van der Waals surface area contributed by atoms with E-state index in [2.05, 4.69) is 47.8 Å². The normalized spacial score (nSPS) is 10.7. The third kappa shape index (κ3) is 5.32. The van der Waals surface area contributed by atoms with Crippen molar-refractivity contribution in [1.29, 1.82) is 0 Å². The molecule has 1 heterocycles. The highest BCUT2D eigenvalue weighted by atomic mass is 15.2. The zero-order valence-corrected chi connectivity index (χ0v) is 12.0. The van der Waals surface area contributed by atoms with Gasteiger partial charge in [-0.1, -0.05) is 32.1 Å². The number of hydrogen-bond acceptors (Lipinski definition) is 3. The highest BCUT2D eigenvalue weighted by molar-refractivity contribution is 5.39. The van der Waals surface area contributed by atoms with E-state index in [4.69, 9.17) is 0 Å². The second-order valence-electron chi connectivity index (χ2n) is 5.33.